The van der Waals surface area contributed by atoms with Crippen LogP contribution in [0, 0.1) is 6.92 Å². The summed E-state index contributed by atoms with van der Waals surface area (Å²) >= 11 is 1.24. The number of para-hydroxylation sites is 1. The summed E-state index contributed by atoms with van der Waals surface area (Å²) in [6.45, 7) is 5.87. The van der Waals surface area contributed by atoms with E-state index in [1.807, 2.05) is 51.1 Å². The number of thioether (sulfide) groups is 1. The molecule has 0 saturated heterocycles. The van der Waals surface area contributed by atoms with E-state index < -0.39 is 0 Å². The molecule has 0 bridgehead atoms. The SMILES string of the molecule is Cc1ccc(O)c(-n2nnnc2SCC(=O)N(c2ccccc2)C(C)C)c1. The van der Waals surface area contributed by atoms with Crippen molar-refractivity contribution < 1.29 is 9.90 Å². The minimum Gasteiger partial charge on any atom is -0.506 e. The van der Waals surface area contributed by atoms with Gasteiger partial charge in [0.1, 0.15) is 11.4 Å². The van der Waals surface area contributed by atoms with E-state index in [2.05, 4.69) is 15.5 Å². The molecule has 8 heteroatoms. The molecule has 0 radical (unpaired) electrons. The van der Waals surface area contributed by atoms with Crippen LogP contribution in [-0.4, -0.2) is 43.0 Å². The molecule has 0 atom stereocenters. The van der Waals surface area contributed by atoms with Gasteiger partial charge in [-0.2, -0.15) is 4.68 Å². The number of nitrogens with zero attached hydrogens (tertiary/aromatic N) is 5. The summed E-state index contributed by atoms with van der Waals surface area (Å²) in [6.07, 6.45) is 0. The highest BCUT2D eigenvalue weighted by Gasteiger charge is 2.21. The molecule has 1 amide bonds. The second kappa shape index (κ2) is 8.22. The van der Waals surface area contributed by atoms with Crippen LogP contribution in [0.15, 0.2) is 53.7 Å². The van der Waals surface area contributed by atoms with Crippen LogP contribution in [0.4, 0.5) is 5.69 Å². The number of aryl methyl sites for hydroxylation is 1. The fourth-order valence-electron chi connectivity index (χ4n) is 2.74. The van der Waals surface area contributed by atoms with Crippen LogP contribution in [0.3, 0.4) is 0 Å². The van der Waals surface area contributed by atoms with Crippen molar-refractivity contribution in [1.29, 1.82) is 0 Å². The average molecular weight is 383 g/mol. The number of aromatic nitrogens is 4. The van der Waals surface area contributed by atoms with Crippen molar-refractivity contribution >= 4 is 23.4 Å². The molecule has 27 heavy (non-hydrogen) atoms. The molecule has 0 saturated carbocycles. The van der Waals surface area contributed by atoms with Gasteiger partial charge in [-0.1, -0.05) is 36.0 Å². The lowest BCUT2D eigenvalue weighted by Crippen LogP contribution is -2.38. The highest BCUT2D eigenvalue weighted by atomic mass is 32.2. The number of carbonyl (C=O) groups is 1. The smallest absolute Gasteiger partial charge is 0.237 e. The van der Waals surface area contributed by atoms with E-state index in [0.29, 0.717) is 10.8 Å². The lowest BCUT2D eigenvalue weighted by Gasteiger charge is -2.26. The van der Waals surface area contributed by atoms with E-state index in [9.17, 15) is 9.90 Å². The van der Waals surface area contributed by atoms with Gasteiger partial charge in [-0.3, -0.25) is 4.79 Å². The number of phenols is 1. The van der Waals surface area contributed by atoms with Crippen molar-refractivity contribution in [2.45, 2.75) is 32.0 Å². The zero-order chi connectivity index (χ0) is 19.4. The van der Waals surface area contributed by atoms with Crippen molar-refractivity contribution in [3.05, 3.63) is 54.1 Å². The minimum absolute atomic E-state index is 0.0253. The Balaban J connectivity index is 1.78. The molecule has 0 fully saturated rings. The van der Waals surface area contributed by atoms with Crippen LogP contribution in [0.2, 0.25) is 0 Å². The zero-order valence-corrected chi connectivity index (χ0v) is 16.2. The third-order valence-electron chi connectivity index (χ3n) is 3.94. The number of amides is 1. The van der Waals surface area contributed by atoms with E-state index in [-0.39, 0.29) is 23.5 Å². The van der Waals surface area contributed by atoms with Crippen LogP contribution in [0.5, 0.6) is 5.75 Å². The van der Waals surface area contributed by atoms with Crippen molar-refractivity contribution in [2.24, 2.45) is 0 Å². The second-order valence-electron chi connectivity index (χ2n) is 6.35. The summed E-state index contributed by atoms with van der Waals surface area (Å²) in [7, 11) is 0. The van der Waals surface area contributed by atoms with Crippen LogP contribution in [0.25, 0.3) is 5.69 Å². The summed E-state index contributed by atoms with van der Waals surface area (Å²) in [5, 5.41) is 22.2. The molecule has 1 N–H and O–H groups in total. The Morgan fingerprint density at radius 2 is 1.96 bits per heavy atom. The van der Waals surface area contributed by atoms with Crippen LogP contribution >= 0.6 is 11.8 Å². The van der Waals surface area contributed by atoms with E-state index in [0.717, 1.165) is 11.3 Å². The molecule has 1 heterocycles. The van der Waals surface area contributed by atoms with Crippen molar-refractivity contribution in [3.8, 4) is 11.4 Å². The molecule has 7 nitrogen and oxygen atoms in total. The summed E-state index contributed by atoms with van der Waals surface area (Å²) in [5.74, 6) is 0.221. The molecule has 0 aliphatic carbocycles. The van der Waals surface area contributed by atoms with E-state index >= 15 is 0 Å². The predicted molar refractivity (Wildman–Crippen MR) is 105 cm³/mol. The maximum absolute atomic E-state index is 12.8. The standard InChI is InChI=1S/C19H21N5O2S/c1-13(2)23(15-7-5-4-6-8-15)18(26)12-27-19-20-21-22-24(19)16-11-14(3)9-10-17(16)25/h4-11,13,25H,12H2,1-3H3. The predicted octanol–water partition coefficient (Wildman–Crippen LogP) is 3.21. The molecule has 0 spiro atoms. The first-order chi connectivity index (χ1) is 13.0. The number of hydrogen-bond acceptors (Lipinski definition) is 6. The number of anilines is 1. The number of carbonyl (C=O) groups excluding carboxylic acids is 1. The second-order valence-corrected chi connectivity index (χ2v) is 7.29. The normalized spacial score (nSPS) is 11.0. The molecular formula is C19H21N5O2S. The summed E-state index contributed by atoms with van der Waals surface area (Å²) < 4.78 is 1.45. The van der Waals surface area contributed by atoms with Crippen molar-refractivity contribution in [1.82, 2.24) is 20.2 Å². The lowest BCUT2D eigenvalue weighted by atomic mass is 10.2. The molecule has 0 aliphatic rings. The Morgan fingerprint density at radius 3 is 2.67 bits per heavy atom. The molecule has 140 valence electrons. The van der Waals surface area contributed by atoms with Gasteiger partial charge < -0.3 is 10.0 Å². The molecule has 1 aromatic heterocycles. The maximum atomic E-state index is 12.8. The summed E-state index contributed by atoms with van der Waals surface area (Å²) in [4.78, 5) is 14.6. The van der Waals surface area contributed by atoms with Gasteiger partial charge in [0.2, 0.25) is 11.1 Å². The summed E-state index contributed by atoms with van der Waals surface area (Å²) in [5.41, 5.74) is 2.31. The highest BCUT2D eigenvalue weighted by molar-refractivity contribution is 7.99. The van der Waals surface area contributed by atoms with Gasteiger partial charge in [-0.05, 0) is 61.0 Å². The highest BCUT2D eigenvalue weighted by Crippen LogP contribution is 2.27. The van der Waals surface area contributed by atoms with Gasteiger partial charge in [-0.25, -0.2) is 0 Å². The van der Waals surface area contributed by atoms with E-state index in [4.69, 9.17) is 0 Å². The van der Waals surface area contributed by atoms with Crippen molar-refractivity contribution in [2.75, 3.05) is 10.7 Å². The first kappa shape index (κ1) is 18.9. The average Bonchev–Trinajstić information content (AvgIpc) is 3.11. The van der Waals surface area contributed by atoms with Crippen LogP contribution in [0.1, 0.15) is 19.4 Å². The maximum Gasteiger partial charge on any atom is 0.237 e. The first-order valence-electron chi connectivity index (χ1n) is 8.55. The van der Waals surface area contributed by atoms with Crippen LogP contribution in [-0.2, 0) is 4.79 Å². The number of benzene rings is 2. The minimum atomic E-state index is -0.0378. The molecule has 3 rings (SSSR count). The number of tetrazole rings is 1. The van der Waals surface area contributed by atoms with E-state index in [1.165, 1.54) is 16.4 Å². The Labute approximate surface area is 162 Å². The fraction of sp³-hybridized carbons (Fsp3) is 0.263. The quantitative estimate of drug-likeness (QED) is 0.658. The number of phenolic OH excluding ortho intramolecular Hbond substituents is 1. The Kier molecular flexibility index (Phi) is 5.75. The van der Waals surface area contributed by atoms with Gasteiger partial charge in [0.25, 0.3) is 0 Å². The first-order valence-corrected chi connectivity index (χ1v) is 9.54. The van der Waals surface area contributed by atoms with Crippen LogP contribution < -0.4 is 4.90 Å². The third kappa shape index (κ3) is 4.28. The topological polar surface area (TPSA) is 84.1 Å². The number of aromatic hydroxyl groups is 1. The molecule has 0 unspecified atom stereocenters. The summed E-state index contributed by atoms with van der Waals surface area (Å²) in [6, 6.07) is 14.8. The Morgan fingerprint density at radius 1 is 1.22 bits per heavy atom. The van der Waals surface area contributed by atoms with E-state index in [1.54, 1.807) is 23.1 Å². The van der Waals surface area contributed by atoms with Gasteiger partial charge in [0.05, 0.1) is 5.75 Å². The molecule has 0 aliphatic heterocycles. The largest absolute Gasteiger partial charge is 0.506 e. The lowest BCUT2D eigenvalue weighted by molar-refractivity contribution is -0.116. The van der Waals surface area contributed by atoms with Crippen molar-refractivity contribution in [3.63, 3.8) is 0 Å². The molecule has 3 aromatic rings. The number of hydrogen-bond donors (Lipinski definition) is 1. The van der Waals surface area contributed by atoms with Gasteiger partial charge in [-0.15, -0.1) is 5.10 Å². The Hall–Kier alpha value is -2.87. The number of rotatable bonds is 6. The fourth-order valence-corrected chi connectivity index (χ4v) is 3.48. The third-order valence-corrected chi connectivity index (χ3v) is 4.85. The van der Waals surface area contributed by atoms with Gasteiger partial charge >= 0.3 is 0 Å². The molecular weight excluding hydrogens is 362 g/mol. The molecule has 2 aromatic carbocycles. The van der Waals surface area contributed by atoms with Gasteiger partial charge in [0.15, 0.2) is 0 Å². The monoisotopic (exact) mass is 383 g/mol. The Bertz CT molecular complexity index is 927. The van der Waals surface area contributed by atoms with Gasteiger partial charge in [0, 0.05) is 11.7 Å². The zero-order valence-electron chi connectivity index (χ0n) is 15.4.